The van der Waals surface area contributed by atoms with Gasteiger partial charge < -0.3 is 0 Å². The van der Waals surface area contributed by atoms with E-state index in [1.54, 1.807) is 6.20 Å². The zero-order chi connectivity index (χ0) is 8.43. The normalized spacial score (nSPS) is 9.64. The first-order chi connectivity index (χ1) is 5.13. The number of halogens is 1. The molecule has 0 aliphatic heterocycles. The standard InChI is InChI=1S/C8H7BBrN/c1-5(2)7-6(10)3-4-11-8(7)9/h3-4H,1H2,2H3. The van der Waals surface area contributed by atoms with Gasteiger partial charge in [-0.05, 0) is 24.2 Å². The predicted octanol–water partition coefficient (Wildman–Crippen LogP) is 1.67. The van der Waals surface area contributed by atoms with E-state index in [-0.39, 0.29) is 0 Å². The van der Waals surface area contributed by atoms with E-state index in [4.69, 9.17) is 7.85 Å². The van der Waals surface area contributed by atoms with Crippen molar-refractivity contribution in [3.8, 4) is 0 Å². The van der Waals surface area contributed by atoms with Crippen LogP contribution < -0.4 is 5.59 Å². The number of hydrogen-bond acceptors (Lipinski definition) is 1. The van der Waals surface area contributed by atoms with Crippen molar-refractivity contribution in [2.75, 3.05) is 0 Å². The van der Waals surface area contributed by atoms with Crippen molar-refractivity contribution < 1.29 is 0 Å². The van der Waals surface area contributed by atoms with Crippen LogP contribution in [0.5, 0.6) is 0 Å². The predicted molar refractivity (Wildman–Crippen MR) is 52.0 cm³/mol. The fraction of sp³-hybridized carbons (Fsp3) is 0.125. The van der Waals surface area contributed by atoms with Crippen LogP contribution in [0.1, 0.15) is 12.5 Å². The molecule has 0 amide bonds. The van der Waals surface area contributed by atoms with Crippen molar-refractivity contribution in [1.29, 1.82) is 0 Å². The molecule has 2 radical (unpaired) electrons. The van der Waals surface area contributed by atoms with Gasteiger partial charge in [-0.15, -0.1) is 0 Å². The lowest BCUT2D eigenvalue weighted by atomic mass is 9.94. The molecule has 1 nitrogen and oxygen atoms in total. The lowest BCUT2D eigenvalue weighted by Crippen LogP contribution is -2.13. The molecule has 0 N–H and O–H groups in total. The quantitative estimate of drug-likeness (QED) is 0.639. The Morgan fingerprint density at radius 1 is 1.73 bits per heavy atom. The highest BCUT2D eigenvalue weighted by atomic mass is 79.9. The Bertz CT molecular complexity index is 276. The number of pyridine rings is 1. The maximum atomic E-state index is 5.62. The maximum absolute atomic E-state index is 5.62. The van der Waals surface area contributed by atoms with E-state index >= 15 is 0 Å². The van der Waals surface area contributed by atoms with Crippen LogP contribution in [0.15, 0.2) is 23.3 Å². The van der Waals surface area contributed by atoms with Crippen LogP contribution in [0.25, 0.3) is 5.57 Å². The molecule has 0 saturated carbocycles. The van der Waals surface area contributed by atoms with Gasteiger partial charge in [0.05, 0.1) is 0 Å². The van der Waals surface area contributed by atoms with Crippen LogP contribution in [-0.4, -0.2) is 12.8 Å². The minimum atomic E-state index is 0.520. The summed E-state index contributed by atoms with van der Waals surface area (Å²) < 4.78 is 0.942. The Labute approximate surface area is 76.1 Å². The third-order valence-electron chi connectivity index (χ3n) is 1.36. The van der Waals surface area contributed by atoms with Crippen LogP contribution in [0.2, 0.25) is 0 Å². The van der Waals surface area contributed by atoms with Gasteiger partial charge in [0.15, 0.2) is 0 Å². The molecular formula is C8H7BBrN. The second-order valence-corrected chi connectivity index (χ2v) is 3.19. The average molecular weight is 208 g/mol. The summed E-state index contributed by atoms with van der Waals surface area (Å²) >= 11 is 3.37. The van der Waals surface area contributed by atoms with E-state index < -0.39 is 0 Å². The van der Waals surface area contributed by atoms with E-state index in [1.165, 1.54) is 0 Å². The summed E-state index contributed by atoms with van der Waals surface area (Å²) in [6.07, 6.45) is 1.66. The molecule has 1 aromatic rings. The Hall–Kier alpha value is -0.565. The Morgan fingerprint density at radius 3 is 2.73 bits per heavy atom. The smallest absolute Gasteiger partial charge is 0.142 e. The number of aromatic nitrogens is 1. The molecule has 3 heteroatoms. The van der Waals surface area contributed by atoms with Gasteiger partial charge in [0, 0.05) is 16.2 Å². The topological polar surface area (TPSA) is 12.9 Å². The van der Waals surface area contributed by atoms with Crippen molar-refractivity contribution in [3.63, 3.8) is 0 Å². The molecule has 1 heterocycles. The van der Waals surface area contributed by atoms with Gasteiger partial charge in [-0.1, -0.05) is 22.5 Å². The molecule has 0 aliphatic carbocycles. The van der Waals surface area contributed by atoms with Crippen LogP contribution >= 0.6 is 15.9 Å². The van der Waals surface area contributed by atoms with Crippen LogP contribution in [0, 0.1) is 0 Å². The summed E-state index contributed by atoms with van der Waals surface area (Å²) in [5, 5.41) is 0. The van der Waals surface area contributed by atoms with Gasteiger partial charge in [0.25, 0.3) is 0 Å². The summed E-state index contributed by atoms with van der Waals surface area (Å²) in [4.78, 5) is 3.95. The van der Waals surface area contributed by atoms with Crippen molar-refractivity contribution in [2.45, 2.75) is 6.92 Å². The molecule has 0 aliphatic rings. The Kier molecular flexibility index (Phi) is 2.50. The summed E-state index contributed by atoms with van der Waals surface area (Å²) in [6, 6.07) is 1.85. The maximum Gasteiger partial charge on any atom is 0.142 e. The first-order valence-electron chi connectivity index (χ1n) is 3.19. The van der Waals surface area contributed by atoms with Gasteiger partial charge in [0.1, 0.15) is 7.85 Å². The van der Waals surface area contributed by atoms with Gasteiger partial charge in [0.2, 0.25) is 0 Å². The van der Waals surface area contributed by atoms with Crippen LogP contribution in [0.3, 0.4) is 0 Å². The van der Waals surface area contributed by atoms with Gasteiger partial charge in [-0.3, -0.25) is 4.98 Å². The van der Waals surface area contributed by atoms with Crippen molar-refractivity contribution >= 4 is 34.9 Å². The highest BCUT2D eigenvalue weighted by Crippen LogP contribution is 2.18. The monoisotopic (exact) mass is 207 g/mol. The molecule has 0 unspecified atom stereocenters. The summed E-state index contributed by atoms with van der Waals surface area (Å²) in [6.45, 7) is 5.70. The number of hydrogen-bond donors (Lipinski definition) is 0. The highest BCUT2D eigenvalue weighted by molar-refractivity contribution is 9.10. The van der Waals surface area contributed by atoms with E-state index in [0.717, 1.165) is 15.6 Å². The molecule has 1 aromatic heterocycles. The van der Waals surface area contributed by atoms with Gasteiger partial charge >= 0.3 is 0 Å². The number of nitrogens with zero attached hydrogens (tertiary/aromatic N) is 1. The van der Waals surface area contributed by atoms with E-state index in [1.807, 2.05) is 13.0 Å². The van der Waals surface area contributed by atoms with Gasteiger partial charge in [-0.2, -0.15) is 0 Å². The molecular weight excluding hydrogens is 201 g/mol. The molecule has 0 aromatic carbocycles. The zero-order valence-electron chi connectivity index (χ0n) is 6.26. The molecule has 1 rings (SSSR count). The largest absolute Gasteiger partial charge is 0.272 e. The average Bonchev–Trinajstić information content (AvgIpc) is 1.85. The third kappa shape index (κ3) is 1.72. The summed E-state index contributed by atoms with van der Waals surface area (Å²) in [5.74, 6) is 0. The fourth-order valence-electron chi connectivity index (χ4n) is 0.876. The van der Waals surface area contributed by atoms with Crippen molar-refractivity contribution in [1.82, 2.24) is 4.98 Å². The van der Waals surface area contributed by atoms with Gasteiger partial charge in [-0.25, -0.2) is 0 Å². The minimum absolute atomic E-state index is 0.520. The van der Waals surface area contributed by atoms with E-state index in [2.05, 4.69) is 27.5 Å². The SMILES string of the molecule is [B]c1nccc(Br)c1C(=C)C. The third-order valence-corrected chi connectivity index (χ3v) is 2.02. The van der Waals surface area contributed by atoms with Crippen molar-refractivity contribution in [3.05, 3.63) is 28.9 Å². The zero-order valence-corrected chi connectivity index (χ0v) is 7.85. The lowest BCUT2D eigenvalue weighted by Gasteiger charge is -2.05. The number of rotatable bonds is 1. The molecule has 0 saturated heterocycles. The van der Waals surface area contributed by atoms with E-state index in [9.17, 15) is 0 Å². The molecule has 0 atom stereocenters. The van der Waals surface area contributed by atoms with Crippen molar-refractivity contribution in [2.24, 2.45) is 0 Å². The first-order valence-corrected chi connectivity index (χ1v) is 3.98. The number of allylic oxidation sites excluding steroid dienone is 1. The first kappa shape index (κ1) is 8.53. The second kappa shape index (κ2) is 3.22. The molecule has 0 fully saturated rings. The van der Waals surface area contributed by atoms with E-state index in [0.29, 0.717) is 5.59 Å². The van der Waals surface area contributed by atoms with Crippen LogP contribution in [0.4, 0.5) is 0 Å². The van der Waals surface area contributed by atoms with Crippen LogP contribution in [-0.2, 0) is 0 Å². The highest BCUT2D eigenvalue weighted by Gasteiger charge is 2.02. The summed E-state index contributed by atoms with van der Waals surface area (Å²) in [5.41, 5.74) is 2.34. The molecule has 11 heavy (non-hydrogen) atoms. The second-order valence-electron chi connectivity index (χ2n) is 2.33. The Balaban J connectivity index is 3.32. The minimum Gasteiger partial charge on any atom is -0.272 e. The summed E-state index contributed by atoms with van der Waals surface area (Å²) in [7, 11) is 5.62. The lowest BCUT2D eigenvalue weighted by molar-refractivity contribution is 1.35. The molecule has 0 spiro atoms. The molecule has 54 valence electrons. The molecule has 0 bridgehead atoms. The Morgan fingerprint density at radius 2 is 2.36 bits per heavy atom. The fourth-order valence-corrected chi connectivity index (χ4v) is 1.54.